The largest absolute Gasteiger partial charge is 0.509 e. The van der Waals surface area contributed by atoms with Crippen molar-refractivity contribution >= 4 is 12.6 Å². The van der Waals surface area contributed by atoms with E-state index in [9.17, 15) is 9.59 Å². The molecular weight excluding hydrogens is 200 g/mol. The molecular formula is C10H16O5. The zero-order valence-electron chi connectivity index (χ0n) is 9.24. The van der Waals surface area contributed by atoms with E-state index in [0.29, 0.717) is 25.9 Å². The summed E-state index contributed by atoms with van der Waals surface area (Å²) in [4.78, 5) is 21.0. The van der Waals surface area contributed by atoms with Crippen molar-refractivity contribution in [2.45, 2.75) is 44.8 Å². The third-order valence-electron chi connectivity index (χ3n) is 2.90. The van der Waals surface area contributed by atoms with Crippen LogP contribution >= 0.6 is 0 Å². The average molecular weight is 216 g/mol. The molecule has 5 nitrogen and oxygen atoms in total. The van der Waals surface area contributed by atoms with Crippen molar-refractivity contribution < 1.29 is 23.8 Å². The van der Waals surface area contributed by atoms with Crippen LogP contribution in [0.2, 0.25) is 0 Å². The third kappa shape index (κ3) is 2.40. The number of ether oxygens (including phenoxy) is 3. The smallest absolute Gasteiger partial charge is 0.468 e. The molecule has 0 aromatic rings. The molecule has 86 valence electrons. The average Bonchev–Trinajstić information content (AvgIpc) is 2.30. The molecule has 1 atom stereocenters. The zero-order chi connectivity index (χ0) is 11.5. The molecule has 0 N–H and O–H groups in total. The summed E-state index contributed by atoms with van der Waals surface area (Å²) in [5, 5.41) is 0. The summed E-state index contributed by atoms with van der Waals surface area (Å²) in [6.45, 7) is 6.16. The first-order chi connectivity index (χ1) is 6.91. The molecule has 1 aliphatic rings. The fourth-order valence-electron chi connectivity index (χ4n) is 1.54. The fraction of sp³-hybridized carbons (Fsp3) is 0.800. The number of hydrogen-bond donors (Lipinski definition) is 0. The molecule has 0 aromatic carbocycles. The lowest BCUT2D eigenvalue weighted by molar-refractivity contribution is -0.129. The van der Waals surface area contributed by atoms with E-state index in [4.69, 9.17) is 9.47 Å². The van der Waals surface area contributed by atoms with Gasteiger partial charge >= 0.3 is 6.16 Å². The maximum Gasteiger partial charge on any atom is 0.509 e. The van der Waals surface area contributed by atoms with Gasteiger partial charge in [0.1, 0.15) is 5.60 Å². The minimum atomic E-state index is -0.656. The van der Waals surface area contributed by atoms with Crippen LogP contribution in [-0.2, 0) is 19.0 Å². The van der Waals surface area contributed by atoms with E-state index in [0.717, 1.165) is 0 Å². The van der Waals surface area contributed by atoms with Gasteiger partial charge in [0.05, 0.1) is 6.61 Å². The van der Waals surface area contributed by atoms with Gasteiger partial charge in [0.25, 0.3) is 6.47 Å². The van der Waals surface area contributed by atoms with Crippen LogP contribution in [-0.4, -0.2) is 30.4 Å². The molecule has 0 radical (unpaired) electrons. The molecule has 15 heavy (non-hydrogen) atoms. The van der Waals surface area contributed by atoms with Crippen LogP contribution in [0.3, 0.4) is 0 Å². The zero-order valence-corrected chi connectivity index (χ0v) is 9.24. The summed E-state index contributed by atoms with van der Waals surface area (Å²) in [5.41, 5.74) is -1.30. The topological polar surface area (TPSA) is 61.8 Å². The fourth-order valence-corrected chi connectivity index (χ4v) is 1.54. The van der Waals surface area contributed by atoms with Crippen LogP contribution in [0.25, 0.3) is 0 Å². The Labute approximate surface area is 88.7 Å². The van der Waals surface area contributed by atoms with Gasteiger partial charge in [-0.1, -0.05) is 0 Å². The van der Waals surface area contributed by atoms with Crippen molar-refractivity contribution in [1.29, 1.82) is 0 Å². The van der Waals surface area contributed by atoms with Crippen molar-refractivity contribution in [2.75, 3.05) is 6.61 Å². The standard InChI is InChI=1S/C10H16O5/c1-9(2)10(3,15-8(12)14-9)5-4-6-13-7-11/h7H,4-6H2,1-3H3. The number of hydrogen-bond acceptors (Lipinski definition) is 5. The van der Waals surface area contributed by atoms with Gasteiger partial charge in [-0.3, -0.25) is 4.79 Å². The number of rotatable bonds is 5. The van der Waals surface area contributed by atoms with E-state index < -0.39 is 17.4 Å². The summed E-state index contributed by atoms with van der Waals surface area (Å²) >= 11 is 0. The lowest BCUT2D eigenvalue weighted by atomic mass is 9.84. The van der Waals surface area contributed by atoms with Crippen molar-refractivity contribution in [1.82, 2.24) is 0 Å². The maximum absolute atomic E-state index is 11.0. The van der Waals surface area contributed by atoms with Crippen molar-refractivity contribution in [2.24, 2.45) is 0 Å². The van der Waals surface area contributed by atoms with Crippen LogP contribution in [0.4, 0.5) is 4.79 Å². The predicted octanol–water partition coefficient (Wildman–Crippen LogP) is 1.64. The predicted molar refractivity (Wildman–Crippen MR) is 51.3 cm³/mol. The van der Waals surface area contributed by atoms with Gasteiger partial charge < -0.3 is 14.2 Å². The Balaban J connectivity index is 2.50. The highest BCUT2D eigenvalue weighted by Crippen LogP contribution is 2.39. The molecule has 1 saturated heterocycles. The Morgan fingerprint density at radius 1 is 1.33 bits per heavy atom. The first kappa shape index (κ1) is 11.8. The van der Waals surface area contributed by atoms with Gasteiger partial charge in [0, 0.05) is 0 Å². The first-order valence-electron chi connectivity index (χ1n) is 4.88. The van der Waals surface area contributed by atoms with E-state index in [1.165, 1.54) is 0 Å². The second kappa shape index (κ2) is 4.08. The second-order valence-corrected chi connectivity index (χ2v) is 4.27. The van der Waals surface area contributed by atoms with Crippen LogP contribution in [0.15, 0.2) is 0 Å². The molecule has 0 aliphatic carbocycles. The van der Waals surface area contributed by atoms with Gasteiger partial charge in [-0.2, -0.15) is 0 Å². The van der Waals surface area contributed by atoms with Crippen molar-refractivity contribution in [3.63, 3.8) is 0 Å². The van der Waals surface area contributed by atoms with Gasteiger partial charge in [0.2, 0.25) is 0 Å². The molecule has 1 aliphatic heterocycles. The molecule has 5 heteroatoms. The minimum absolute atomic E-state index is 0.326. The Morgan fingerprint density at radius 3 is 2.47 bits per heavy atom. The maximum atomic E-state index is 11.0. The summed E-state index contributed by atoms with van der Waals surface area (Å²) in [7, 11) is 0. The SMILES string of the molecule is CC1(C)OC(=O)OC1(C)CCCOC=O. The van der Waals surface area contributed by atoms with Crippen molar-refractivity contribution in [3.05, 3.63) is 0 Å². The lowest BCUT2D eigenvalue weighted by Gasteiger charge is -2.32. The van der Waals surface area contributed by atoms with Crippen molar-refractivity contribution in [3.8, 4) is 0 Å². The molecule has 0 spiro atoms. The third-order valence-corrected chi connectivity index (χ3v) is 2.90. The second-order valence-electron chi connectivity index (χ2n) is 4.27. The monoisotopic (exact) mass is 216 g/mol. The number of carbonyl (C=O) groups is 2. The summed E-state index contributed by atoms with van der Waals surface area (Å²) in [6.07, 6.45) is 0.591. The quantitative estimate of drug-likeness (QED) is 0.397. The Kier molecular flexibility index (Phi) is 3.21. The summed E-state index contributed by atoms with van der Waals surface area (Å²) in [5.74, 6) is 0. The van der Waals surface area contributed by atoms with E-state index >= 15 is 0 Å². The summed E-state index contributed by atoms with van der Waals surface area (Å²) < 4.78 is 14.8. The molecule has 1 rings (SSSR count). The molecule has 1 heterocycles. The van der Waals surface area contributed by atoms with Gasteiger partial charge in [-0.25, -0.2) is 4.79 Å². The minimum Gasteiger partial charge on any atom is -0.468 e. The normalized spacial score (nSPS) is 28.1. The highest BCUT2D eigenvalue weighted by atomic mass is 16.8. The van der Waals surface area contributed by atoms with Crippen LogP contribution in [0.5, 0.6) is 0 Å². The van der Waals surface area contributed by atoms with Gasteiger partial charge in [-0.05, 0) is 33.6 Å². The van der Waals surface area contributed by atoms with E-state index in [2.05, 4.69) is 4.74 Å². The molecule has 0 aromatic heterocycles. The molecule has 1 fully saturated rings. The Bertz CT molecular complexity index is 261. The highest BCUT2D eigenvalue weighted by Gasteiger charge is 2.53. The Morgan fingerprint density at radius 2 is 2.00 bits per heavy atom. The van der Waals surface area contributed by atoms with Crippen LogP contribution in [0.1, 0.15) is 33.6 Å². The van der Waals surface area contributed by atoms with Gasteiger partial charge in [0.15, 0.2) is 5.60 Å². The molecule has 0 bridgehead atoms. The molecule has 1 unspecified atom stereocenters. The number of carbonyl (C=O) groups excluding carboxylic acids is 2. The van der Waals surface area contributed by atoms with Crippen LogP contribution in [0, 0.1) is 0 Å². The first-order valence-corrected chi connectivity index (χ1v) is 4.88. The Hall–Kier alpha value is -1.26. The molecule has 0 saturated carbocycles. The van der Waals surface area contributed by atoms with E-state index in [-0.39, 0.29) is 0 Å². The molecule has 0 amide bonds. The summed E-state index contributed by atoms with van der Waals surface area (Å²) in [6, 6.07) is 0. The lowest BCUT2D eigenvalue weighted by Crippen LogP contribution is -2.44. The highest BCUT2D eigenvalue weighted by molar-refractivity contribution is 5.64. The van der Waals surface area contributed by atoms with E-state index in [1.807, 2.05) is 6.92 Å². The van der Waals surface area contributed by atoms with E-state index in [1.54, 1.807) is 13.8 Å². The van der Waals surface area contributed by atoms with Crippen LogP contribution < -0.4 is 0 Å². The van der Waals surface area contributed by atoms with Gasteiger partial charge in [-0.15, -0.1) is 0 Å². The number of cyclic esters (lactones) is 2.